The molecule has 8 nitrogen and oxygen atoms in total. The molecule has 3 rings (SSSR count). The topological polar surface area (TPSA) is 103 Å². The van der Waals surface area contributed by atoms with Crippen molar-refractivity contribution in [2.75, 3.05) is 18.0 Å². The summed E-state index contributed by atoms with van der Waals surface area (Å²) in [5.41, 5.74) is -0.595. The highest BCUT2D eigenvalue weighted by atomic mass is 16.1. The Kier molecular flexibility index (Phi) is 4.60. The van der Waals surface area contributed by atoms with Gasteiger partial charge in [0, 0.05) is 50.9 Å². The Balaban J connectivity index is 1.43. The van der Waals surface area contributed by atoms with Gasteiger partial charge in [0.05, 0.1) is 6.33 Å². The van der Waals surface area contributed by atoms with E-state index < -0.39 is 5.66 Å². The van der Waals surface area contributed by atoms with Gasteiger partial charge in [0.25, 0.3) is 5.56 Å². The van der Waals surface area contributed by atoms with Crippen LogP contribution >= 0.6 is 0 Å². The Morgan fingerprint density at radius 3 is 3.04 bits per heavy atom. The van der Waals surface area contributed by atoms with Gasteiger partial charge >= 0.3 is 0 Å². The minimum absolute atomic E-state index is 0.00176. The van der Waals surface area contributed by atoms with Gasteiger partial charge in [-0.05, 0) is 6.42 Å². The van der Waals surface area contributed by atoms with Gasteiger partial charge < -0.3 is 15.2 Å². The van der Waals surface area contributed by atoms with E-state index in [4.69, 9.17) is 6.42 Å². The number of hydrogen-bond acceptors (Lipinski definition) is 6. The largest absolute Gasteiger partial charge is 0.354 e. The van der Waals surface area contributed by atoms with Crippen molar-refractivity contribution < 1.29 is 4.79 Å². The number of terminal acetylenes is 1. The van der Waals surface area contributed by atoms with E-state index >= 15 is 0 Å². The average Bonchev–Trinajstić information content (AvgIpc) is 3.20. The predicted octanol–water partition coefficient (Wildman–Crippen LogP) is 0.820. The lowest BCUT2D eigenvalue weighted by molar-refractivity contribution is -0.121. The summed E-state index contributed by atoms with van der Waals surface area (Å²) in [6.45, 7) is 1.41. The van der Waals surface area contributed by atoms with E-state index in [1.54, 1.807) is 0 Å². The fourth-order valence-electron chi connectivity index (χ4n) is 2.90. The van der Waals surface area contributed by atoms with Crippen LogP contribution in [0.15, 0.2) is 27.4 Å². The lowest BCUT2D eigenvalue weighted by Crippen LogP contribution is -2.37. The first kappa shape index (κ1) is 16.2. The molecule has 1 fully saturated rings. The lowest BCUT2D eigenvalue weighted by atomic mass is 10.0. The number of carbonyl (C=O) groups is 1. The predicted molar refractivity (Wildman–Crippen MR) is 88.5 cm³/mol. The lowest BCUT2D eigenvalue weighted by Gasteiger charge is -2.17. The Hall–Kier alpha value is -2.69. The number of carbonyl (C=O) groups excluding carboxylic acids is 1. The summed E-state index contributed by atoms with van der Waals surface area (Å²) in [7, 11) is 0. The van der Waals surface area contributed by atoms with Crippen molar-refractivity contribution in [1.82, 2.24) is 15.3 Å². The van der Waals surface area contributed by atoms with Crippen LogP contribution in [0.4, 0.5) is 5.82 Å². The smallest absolute Gasteiger partial charge is 0.252 e. The first-order valence-electron chi connectivity index (χ1n) is 8.07. The van der Waals surface area contributed by atoms with Crippen molar-refractivity contribution >= 4 is 11.7 Å². The Bertz CT molecular complexity index is 729. The van der Waals surface area contributed by atoms with E-state index in [1.165, 1.54) is 12.4 Å². The molecule has 1 amide bonds. The molecular weight excluding hydrogens is 308 g/mol. The molecule has 0 spiro atoms. The summed E-state index contributed by atoms with van der Waals surface area (Å²) in [5, 5.41) is 11.1. The van der Waals surface area contributed by atoms with Crippen LogP contribution in [0.2, 0.25) is 0 Å². The van der Waals surface area contributed by atoms with Gasteiger partial charge in [-0.2, -0.15) is 10.2 Å². The van der Waals surface area contributed by atoms with Gasteiger partial charge in [-0.15, -0.1) is 12.3 Å². The normalized spacial score (nSPS) is 20.6. The third-order valence-electron chi connectivity index (χ3n) is 4.35. The van der Waals surface area contributed by atoms with Crippen LogP contribution in [0.25, 0.3) is 0 Å². The van der Waals surface area contributed by atoms with Crippen molar-refractivity contribution in [3.8, 4) is 12.3 Å². The molecule has 0 saturated carbocycles. The zero-order valence-electron chi connectivity index (χ0n) is 13.4. The van der Waals surface area contributed by atoms with E-state index in [0.29, 0.717) is 38.0 Å². The zero-order valence-corrected chi connectivity index (χ0v) is 13.4. The minimum Gasteiger partial charge on any atom is -0.354 e. The van der Waals surface area contributed by atoms with Gasteiger partial charge in [-0.25, -0.2) is 4.98 Å². The summed E-state index contributed by atoms with van der Waals surface area (Å²) >= 11 is 0. The van der Waals surface area contributed by atoms with Crippen molar-refractivity contribution in [3.05, 3.63) is 22.7 Å². The molecule has 3 heterocycles. The summed E-state index contributed by atoms with van der Waals surface area (Å²) < 4.78 is 0. The van der Waals surface area contributed by atoms with Crippen molar-refractivity contribution in [2.24, 2.45) is 10.2 Å². The monoisotopic (exact) mass is 328 g/mol. The average molecular weight is 328 g/mol. The molecule has 126 valence electrons. The van der Waals surface area contributed by atoms with Crippen LogP contribution < -0.4 is 15.8 Å². The molecule has 0 aliphatic carbocycles. The number of aromatic nitrogens is 2. The maximum Gasteiger partial charge on any atom is 0.252 e. The van der Waals surface area contributed by atoms with Crippen molar-refractivity contribution in [1.29, 1.82) is 0 Å². The first-order valence-corrected chi connectivity index (χ1v) is 8.07. The highest BCUT2D eigenvalue weighted by Crippen LogP contribution is 2.37. The van der Waals surface area contributed by atoms with E-state index in [2.05, 4.69) is 31.4 Å². The highest BCUT2D eigenvalue weighted by Gasteiger charge is 2.39. The second-order valence-electron chi connectivity index (χ2n) is 6.16. The maximum absolute atomic E-state index is 12.1. The number of aromatic amines is 1. The van der Waals surface area contributed by atoms with E-state index in [0.717, 1.165) is 13.0 Å². The summed E-state index contributed by atoms with van der Waals surface area (Å²) in [5.74, 6) is 3.21. The van der Waals surface area contributed by atoms with Gasteiger partial charge in [0.1, 0.15) is 5.82 Å². The molecule has 1 atom stereocenters. The van der Waals surface area contributed by atoms with Crippen LogP contribution in [0.1, 0.15) is 32.1 Å². The SMILES string of the molecule is C#CCCC1(CCC(=O)NC2CCN(c3cc(=O)[nH]cn3)C2)N=N1. The first-order chi connectivity index (χ1) is 11.6. The quantitative estimate of drug-likeness (QED) is 0.723. The summed E-state index contributed by atoms with van der Waals surface area (Å²) in [6.07, 6.45) is 9.80. The van der Waals surface area contributed by atoms with Crippen LogP contribution in [0, 0.1) is 12.3 Å². The fraction of sp³-hybridized carbons (Fsp3) is 0.562. The summed E-state index contributed by atoms with van der Waals surface area (Å²) in [6, 6.07) is 1.53. The maximum atomic E-state index is 12.1. The number of nitrogens with one attached hydrogen (secondary N) is 2. The second kappa shape index (κ2) is 6.83. The van der Waals surface area contributed by atoms with Gasteiger partial charge in [0.15, 0.2) is 5.66 Å². The van der Waals surface area contributed by atoms with Gasteiger partial charge in [-0.3, -0.25) is 9.59 Å². The van der Waals surface area contributed by atoms with Crippen LogP contribution in [-0.4, -0.2) is 40.7 Å². The van der Waals surface area contributed by atoms with Crippen molar-refractivity contribution in [3.63, 3.8) is 0 Å². The number of rotatable bonds is 7. The van der Waals surface area contributed by atoms with Crippen LogP contribution in [0.3, 0.4) is 0 Å². The van der Waals surface area contributed by atoms with Crippen LogP contribution in [-0.2, 0) is 4.79 Å². The third-order valence-corrected chi connectivity index (χ3v) is 4.35. The Labute approximate surface area is 139 Å². The minimum atomic E-state index is -0.416. The van der Waals surface area contributed by atoms with Gasteiger partial charge in [0.2, 0.25) is 5.91 Å². The third kappa shape index (κ3) is 3.98. The van der Waals surface area contributed by atoms with Gasteiger partial charge in [-0.1, -0.05) is 0 Å². The zero-order chi connectivity index (χ0) is 17.0. The molecule has 1 unspecified atom stereocenters. The Morgan fingerprint density at radius 1 is 1.50 bits per heavy atom. The number of anilines is 1. The molecule has 1 saturated heterocycles. The standard InChI is InChI=1S/C16H20N6O2/c1-2-3-6-16(20-21-16)7-4-14(23)19-12-5-8-22(10-12)13-9-15(24)18-11-17-13/h1,9,11-12H,3-8,10H2,(H,19,23)(H,17,18,24). The van der Waals surface area contributed by atoms with E-state index in [1.807, 2.05) is 4.90 Å². The molecule has 1 aromatic heterocycles. The Morgan fingerprint density at radius 2 is 2.33 bits per heavy atom. The number of nitrogens with zero attached hydrogens (tertiary/aromatic N) is 4. The molecule has 2 aliphatic heterocycles. The number of amides is 1. The molecular formula is C16H20N6O2. The number of H-pyrrole nitrogens is 1. The molecule has 0 bridgehead atoms. The van der Waals surface area contributed by atoms with Crippen molar-refractivity contribution in [2.45, 2.75) is 43.8 Å². The van der Waals surface area contributed by atoms with Crippen LogP contribution in [0.5, 0.6) is 0 Å². The highest BCUT2D eigenvalue weighted by molar-refractivity contribution is 5.76. The molecule has 0 radical (unpaired) electrons. The number of hydrogen-bond donors (Lipinski definition) is 2. The molecule has 8 heteroatoms. The fourth-order valence-corrected chi connectivity index (χ4v) is 2.90. The van der Waals surface area contributed by atoms with E-state index in [-0.39, 0.29) is 17.5 Å². The van der Waals surface area contributed by atoms with E-state index in [9.17, 15) is 9.59 Å². The molecule has 24 heavy (non-hydrogen) atoms. The molecule has 1 aromatic rings. The summed E-state index contributed by atoms with van der Waals surface area (Å²) in [4.78, 5) is 32.1. The molecule has 0 aromatic carbocycles. The molecule has 2 aliphatic rings. The molecule has 2 N–H and O–H groups in total. The second-order valence-corrected chi connectivity index (χ2v) is 6.16.